The van der Waals surface area contributed by atoms with Gasteiger partial charge in [0.25, 0.3) is 0 Å². The lowest BCUT2D eigenvalue weighted by Gasteiger charge is -2.12. The number of hydrogen-bond acceptors (Lipinski definition) is 1. The smallest absolute Gasteiger partial charge is 0.142 e. The lowest BCUT2D eigenvalue weighted by molar-refractivity contribution is 0.178. The number of rotatable bonds is 3. The van der Waals surface area contributed by atoms with Gasteiger partial charge < -0.3 is 5.11 Å². The Bertz CT molecular complexity index is 581. The van der Waals surface area contributed by atoms with Gasteiger partial charge in [-0.1, -0.05) is 40.9 Å². The Balaban J connectivity index is 2.20. The maximum absolute atomic E-state index is 13.3. The number of halogens is 4. The zero-order valence-corrected chi connectivity index (χ0v) is 12.0. The van der Waals surface area contributed by atoms with Gasteiger partial charge in [-0.05, 0) is 41.5 Å². The molecule has 0 saturated carbocycles. The molecule has 0 heterocycles. The summed E-state index contributed by atoms with van der Waals surface area (Å²) in [5.74, 6) is -0.504. The Morgan fingerprint density at radius 2 is 1.63 bits per heavy atom. The Labute approximate surface area is 125 Å². The Morgan fingerprint density at radius 1 is 1.00 bits per heavy atom. The minimum absolute atomic E-state index is 0.0593. The zero-order valence-electron chi connectivity index (χ0n) is 9.71. The SMILES string of the molecule is OC(Cc1ccc(Cl)c(F)c1)c1cc(Cl)cc(Cl)c1. The van der Waals surface area contributed by atoms with E-state index in [9.17, 15) is 9.50 Å². The molecule has 100 valence electrons. The molecule has 19 heavy (non-hydrogen) atoms. The van der Waals surface area contributed by atoms with Gasteiger partial charge in [-0.25, -0.2) is 4.39 Å². The molecule has 2 rings (SSSR count). The van der Waals surface area contributed by atoms with Crippen LogP contribution in [0.2, 0.25) is 15.1 Å². The second-order valence-corrected chi connectivity index (χ2v) is 5.45. The van der Waals surface area contributed by atoms with E-state index >= 15 is 0 Å². The van der Waals surface area contributed by atoms with E-state index in [1.165, 1.54) is 12.1 Å². The molecule has 1 unspecified atom stereocenters. The van der Waals surface area contributed by atoms with Crippen molar-refractivity contribution in [3.63, 3.8) is 0 Å². The lowest BCUT2D eigenvalue weighted by Crippen LogP contribution is -2.02. The molecule has 1 N–H and O–H groups in total. The van der Waals surface area contributed by atoms with Crippen molar-refractivity contribution >= 4 is 34.8 Å². The standard InChI is InChI=1S/C14H10Cl3FO/c15-10-5-9(6-11(16)7-10)14(19)4-8-1-2-12(17)13(18)3-8/h1-3,5-7,14,19H,4H2. The van der Waals surface area contributed by atoms with Gasteiger partial charge in [0, 0.05) is 16.5 Å². The van der Waals surface area contributed by atoms with Crippen LogP contribution < -0.4 is 0 Å². The molecule has 5 heteroatoms. The summed E-state index contributed by atoms with van der Waals surface area (Å²) in [6.07, 6.45) is -0.554. The molecule has 0 aliphatic rings. The minimum atomic E-state index is -0.809. The third-order valence-electron chi connectivity index (χ3n) is 2.68. The minimum Gasteiger partial charge on any atom is -0.388 e. The highest BCUT2D eigenvalue weighted by molar-refractivity contribution is 6.34. The van der Waals surface area contributed by atoms with Crippen LogP contribution in [0.25, 0.3) is 0 Å². The van der Waals surface area contributed by atoms with Gasteiger partial charge in [0.05, 0.1) is 11.1 Å². The first-order valence-electron chi connectivity index (χ1n) is 5.53. The van der Waals surface area contributed by atoms with E-state index in [1.807, 2.05) is 0 Å². The molecular weight excluding hydrogens is 310 g/mol. The van der Waals surface area contributed by atoms with Crippen molar-refractivity contribution in [3.8, 4) is 0 Å². The highest BCUT2D eigenvalue weighted by Crippen LogP contribution is 2.26. The quantitative estimate of drug-likeness (QED) is 0.838. The first kappa shape index (κ1) is 14.6. The molecule has 0 spiro atoms. The second kappa shape index (κ2) is 6.10. The van der Waals surface area contributed by atoms with Crippen LogP contribution in [-0.4, -0.2) is 5.11 Å². The Hall–Kier alpha value is -0.800. The van der Waals surface area contributed by atoms with Crippen LogP contribution in [0.5, 0.6) is 0 Å². The van der Waals surface area contributed by atoms with E-state index in [4.69, 9.17) is 34.8 Å². The molecule has 2 aromatic rings. The number of hydrogen-bond donors (Lipinski definition) is 1. The third kappa shape index (κ3) is 3.83. The van der Waals surface area contributed by atoms with Crippen LogP contribution in [0.4, 0.5) is 4.39 Å². The molecule has 0 bridgehead atoms. The lowest BCUT2D eigenvalue weighted by atomic mass is 10.0. The summed E-state index contributed by atoms with van der Waals surface area (Å²) in [4.78, 5) is 0. The van der Waals surface area contributed by atoms with Crippen molar-refractivity contribution in [1.29, 1.82) is 0 Å². The van der Waals surface area contributed by atoms with Gasteiger partial charge >= 0.3 is 0 Å². The van der Waals surface area contributed by atoms with Crippen LogP contribution in [0.15, 0.2) is 36.4 Å². The molecule has 0 aromatic heterocycles. The summed E-state index contributed by atoms with van der Waals surface area (Å²) in [6.45, 7) is 0. The van der Waals surface area contributed by atoms with E-state index in [2.05, 4.69) is 0 Å². The fraction of sp³-hybridized carbons (Fsp3) is 0.143. The van der Waals surface area contributed by atoms with Crippen molar-refractivity contribution < 1.29 is 9.50 Å². The van der Waals surface area contributed by atoms with Crippen molar-refractivity contribution in [2.45, 2.75) is 12.5 Å². The van der Waals surface area contributed by atoms with E-state index in [0.29, 0.717) is 21.2 Å². The monoisotopic (exact) mass is 318 g/mol. The summed E-state index contributed by atoms with van der Waals surface area (Å²) < 4.78 is 13.3. The zero-order chi connectivity index (χ0) is 14.0. The van der Waals surface area contributed by atoms with Crippen molar-refractivity contribution in [2.24, 2.45) is 0 Å². The molecule has 0 aliphatic heterocycles. The topological polar surface area (TPSA) is 20.2 Å². The Kier molecular flexibility index (Phi) is 4.69. The third-order valence-corrected chi connectivity index (χ3v) is 3.43. The van der Waals surface area contributed by atoms with Gasteiger partial charge in [-0.2, -0.15) is 0 Å². The average Bonchev–Trinajstić information content (AvgIpc) is 2.32. The number of benzene rings is 2. The molecule has 2 aromatic carbocycles. The van der Waals surface area contributed by atoms with Crippen molar-refractivity contribution in [2.75, 3.05) is 0 Å². The summed E-state index contributed by atoms with van der Waals surface area (Å²) in [7, 11) is 0. The maximum atomic E-state index is 13.3. The molecule has 1 nitrogen and oxygen atoms in total. The number of aliphatic hydroxyl groups is 1. The summed E-state index contributed by atoms with van der Waals surface area (Å²) in [5.41, 5.74) is 1.23. The first-order valence-corrected chi connectivity index (χ1v) is 6.67. The van der Waals surface area contributed by atoms with E-state index in [1.54, 1.807) is 24.3 Å². The molecule has 0 amide bonds. The predicted molar refractivity (Wildman–Crippen MR) is 76.5 cm³/mol. The summed E-state index contributed by atoms with van der Waals surface area (Å²) in [5, 5.41) is 11.1. The molecule has 0 aliphatic carbocycles. The van der Waals surface area contributed by atoms with Crippen molar-refractivity contribution in [3.05, 3.63) is 68.4 Å². The highest BCUT2D eigenvalue weighted by Gasteiger charge is 2.11. The van der Waals surface area contributed by atoms with Crippen LogP contribution in [-0.2, 0) is 6.42 Å². The molecule has 0 fully saturated rings. The van der Waals surface area contributed by atoms with E-state index < -0.39 is 11.9 Å². The van der Waals surface area contributed by atoms with Crippen LogP contribution in [0.1, 0.15) is 17.2 Å². The van der Waals surface area contributed by atoms with Crippen molar-refractivity contribution in [1.82, 2.24) is 0 Å². The van der Waals surface area contributed by atoms with E-state index in [0.717, 1.165) is 0 Å². The van der Waals surface area contributed by atoms with Gasteiger partial charge in [-0.15, -0.1) is 0 Å². The van der Waals surface area contributed by atoms with Crippen LogP contribution in [0, 0.1) is 5.82 Å². The number of aliphatic hydroxyl groups excluding tert-OH is 1. The summed E-state index contributed by atoms with van der Waals surface area (Å²) in [6, 6.07) is 9.28. The van der Waals surface area contributed by atoms with E-state index in [-0.39, 0.29) is 11.4 Å². The largest absolute Gasteiger partial charge is 0.388 e. The first-order chi connectivity index (χ1) is 8.95. The summed E-state index contributed by atoms with van der Waals surface area (Å²) >= 11 is 17.3. The second-order valence-electron chi connectivity index (χ2n) is 4.17. The average molecular weight is 320 g/mol. The molecular formula is C14H10Cl3FO. The van der Waals surface area contributed by atoms with Crippen LogP contribution >= 0.6 is 34.8 Å². The molecule has 0 radical (unpaired) electrons. The van der Waals surface area contributed by atoms with Gasteiger partial charge in [0.2, 0.25) is 0 Å². The normalized spacial score (nSPS) is 12.5. The van der Waals surface area contributed by atoms with Gasteiger partial charge in [-0.3, -0.25) is 0 Å². The maximum Gasteiger partial charge on any atom is 0.142 e. The van der Waals surface area contributed by atoms with Crippen LogP contribution in [0.3, 0.4) is 0 Å². The Morgan fingerprint density at radius 3 is 2.21 bits per heavy atom. The van der Waals surface area contributed by atoms with Gasteiger partial charge in [0.15, 0.2) is 0 Å². The molecule has 0 saturated heterocycles. The fourth-order valence-corrected chi connectivity index (χ4v) is 2.44. The predicted octanol–water partition coefficient (Wildman–Crippen LogP) is 5.06. The highest BCUT2D eigenvalue weighted by atomic mass is 35.5. The van der Waals surface area contributed by atoms with Gasteiger partial charge in [0.1, 0.15) is 5.82 Å². The fourth-order valence-electron chi connectivity index (χ4n) is 1.78. The molecule has 1 atom stereocenters.